The topological polar surface area (TPSA) is 70.0 Å². The van der Waals surface area contributed by atoms with Crippen LogP contribution in [0.15, 0.2) is 36.4 Å². The fraction of sp³-hybridized carbons (Fsp3) is 0.625. The van der Waals surface area contributed by atoms with Crippen molar-refractivity contribution in [3.8, 4) is 5.75 Å². The Morgan fingerprint density at radius 1 is 1.34 bits per heavy atom. The Morgan fingerprint density at radius 3 is 2.79 bits per heavy atom. The van der Waals surface area contributed by atoms with Crippen molar-refractivity contribution >= 4 is 5.97 Å². The van der Waals surface area contributed by atoms with Crippen LogP contribution in [0.4, 0.5) is 0 Å². The first-order chi connectivity index (χ1) is 13.8. The smallest absolute Gasteiger partial charge is 0.310 e. The van der Waals surface area contributed by atoms with Crippen LogP contribution in [0.1, 0.15) is 50.7 Å². The summed E-state index contributed by atoms with van der Waals surface area (Å²) in [5, 5.41) is 19.9. The van der Waals surface area contributed by atoms with Crippen LogP contribution in [-0.4, -0.2) is 47.3 Å². The van der Waals surface area contributed by atoms with E-state index in [1.54, 1.807) is 24.3 Å². The molecule has 5 nitrogen and oxygen atoms in total. The van der Waals surface area contributed by atoms with Gasteiger partial charge >= 0.3 is 5.97 Å². The molecule has 3 aliphatic rings. The van der Waals surface area contributed by atoms with Gasteiger partial charge < -0.3 is 19.8 Å². The van der Waals surface area contributed by atoms with E-state index in [9.17, 15) is 15.0 Å². The van der Waals surface area contributed by atoms with Gasteiger partial charge in [-0.15, -0.1) is 0 Å². The number of likely N-dealkylation sites (N-methyl/N-ethyl adjacent to an activating group) is 1. The Morgan fingerprint density at radius 2 is 2.07 bits per heavy atom. The molecule has 0 amide bonds. The fourth-order valence-electron chi connectivity index (χ4n) is 5.97. The first kappa shape index (κ1) is 20.4. The lowest BCUT2D eigenvalue weighted by Gasteiger charge is -2.50. The van der Waals surface area contributed by atoms with Gasteiger partial charge in [-0.25, -0.2) is 0 Å². The largest absolute Gasteiger partial charge is 0.508 e. The third kappa shape index (κ3) is 3.95. The molecule has 3 fully saturated rings. The second-order valence-corrected chi connectivity index (χ2v) is 9.73. The summed E-state index contributed by atoms with van der Waals surface area (Å²) in [5.41, 5.74) is 2.33. The van der Waals surface area contributed by atoms with Gasteiger partial charge in [0, 0.05) is 19.0 Å². The van der Waals surface area contributed by atoms with E-state index < -0.39 is 6.10 Å². The van der Waals surface area contributed by atoms with Crippen molar-refractivity contribution in [1.82, 2.24) is 4.90 Å². The third-order valence-electron chi connectivity index (χ3n) is 7.59. The van der Waals surface area contributed by atoms with E-state index >= 15 is 0 Å². The fourth-order valence-corrected chi connectivity index (χ4v) is 5.97. The third-order valence-corrected chi connectivity index (χ3v) is 7.59. The number of aliphatic hydroxyl groups is 1. The minimum Gasteiger partial charge on any atom is -0.508 e. The molecule has 1 aromatic carbocycles. The number of nitrogens with zero attached hydrogens (tertiary/aromatic N) is 1. The zero-order valence-electron chi connectivity index (χ0n) is 17.5. The molecule has 1 heterocycles. The van der Waals surface area contributed by atoms with E-state index in [0.717, 1.165) is 24.8 Å². The summed E-state index contributed by atoms with van der Waals surface area (Å²) < 4.78 is 5.85. The number of fused-ring (bicyclic) bond motifs is 2. The van der Waals surface area contributed by atoms with Gasteiger partial charge in [-0.2, -0.15) is 0 Å². The van der Waals surface area contributed by atoms with Crippen molar-refractivity contribution in [3.63, 3.8) is 0 Å². The maximum atomic E-state index is 12.7. The quantitative estimate of drug-likeness (QED) is 0.584. The molecule has 1 aromatic rings. The first-order valence-electron chi connectivity index (χ1n) is 10.8. The first-order valence-corrected chi connectivity index (χ1v) is 10.8. The van der Waals surface area contributed by atoms with Gasteiger partial charge in [0.25, 0.3) is 0 Å². The van der Waals surface area contributed by atoms with Crippen LogP contribution >= 0.6 is 0 Å². The predicted octanol–water partition coefficient (Wildman–Crippen LogP) is 3.67. The molecule has 0 spiro atoms. The summed E-state index contributed by atoms with van der Waals surface area (Å²) in [4.78, 5) is 14.7. The summed E-state index contributed by atoms with van der Waals surface area (Å²) >= 11 is 0. The number of carbonyl (C=O) groups excluding carboxylic acids is 1. The molecule has 29 heavy (non-hydrogen) atoms. The Kier molecular flexibility index (Phi) is 5.47. The number of rotatable bonds is 5. The van der Waals surface area contributed by atoms with E-state index in [-0.39, 0.29) is 35.1 Å². The molecular formula is C24H33NO4. The van der Waals surface area contributed by atoms with Gasteiger partial charge in [0.15, 0.2) is 0 Å². The van der Waals surface area contributed by atoms with Crippen LogP contribution in [0, 0.1) is 23.2 Å². The van der Waals surface area contributed by atoms with E-state index in [4.69, 9.17) is 4.74 Å². The van der Waals surface area contributed by atoms with E-state index in [2.05, 4.69) is 13.5 Å². The van der Waals surface area contributed by atoms with Crippen LogP contribution in [0.2, 0.25) is 0 Å². The number of allylic oxidation sites excluding steroid dienone is 1. The van der Waals surface area contributed by atoms with Gasteiger partial charge in [-0.1, -0.05) is 31.2 Å². The van der Waals surface area contributed by atoms with Crippen LogP contribution in [0.3, 0.4) is 0 Å². The SMILES string of the molecule is C=C1CCC[C@]2(C)CC3OC(=O)C(CN(C)CC(O)c4ccc(O)cc4)C3CC12. The molecule has 158 valence electrons. The Labute approximate surface area is 173 Å². The molecule has 2 saturated carbocycles. The highest BCUT2D eigenvalue weighted by atomic mass is 16.6. The van der Waals surface area contributed by atoms with Crippen LogP contribution in [-0.2, 0) is 9.53 Å². The average molecular weight is 400 g/mol. The second kappa shape index (κ2) is 7.77. The molecule has 6 atom stereocenters. The summed E-state index contributed by atoms with van der Waals surface area (Å²) in [6.45, 7) is 7.72. The second-order valence-electron chi connectivity index (χ2n) is 9.73. The molecule has 2 aliphatic carbocycles. The number of hydrogen-bond donors (Lipinski definition) is 2. The molecule has 0 aromatic heterocycles. The van der Waals surface area contributed by atoms with Crippen LogP contribution < -0.4 is 0 Å². The zero-order valence-corrected chi connectivity index (χ0v) is 17.5. The maximum Gasteiger partial charge on any atom is 0.310 e. The van der Waals surface area contributed by atoms with Crippen molar-refractivity contribution < 1.29 is 19.7 Å². The minimum absolute atomic E-state index is 0.0232. The molecule has 0 bridgehead atoms. The normalized spacial score (nSPS) is 35.2. The van der Waals surface area contributed by atoms with E-state index in [1.807, 2.05) is 11.9 Å². The van der Waals surface area contributed by atoms with Gasteiger partial charge in [-0.05, 0) is 68.2 Å². The van der Waals surface area contributed by atoms with Crippen molar-refractivity contribution in [1.29, 1.82) is 0 Å². The lowest BCUT2D eigenvalue weighted by atomic mass is 9.55. The van der Waals surface area contributed by atoms with Crippen LogP contribution in [0.25, 0.3) is 0 Å². The number of aliphatic hydroxyl groups excluding tert-OH is 1. The number of aromatic hydroxyl groups is 1. The van der Waals surface area contributed by atoms with E-state index in [1.165, 1.54) is 18.4 Å². The zero-order chi connectivity index (χ0) is 20.8. The maximum absolute atomic E-state index is 12.7. The summed E-state index contributed by atoms with van der Waals surface area (Å²) in [7, 11) is 1.94. The molecule has 1 saturated heterocycles. The van der Waals surface area contributed by atoms with E-state index in [0.29, 0.717) is 19.0 Å². The van der Waals surface area contributed by atoms with Gasteiger partial charge in [0.05, 0.1) is 12.0 Å². The molecule has 0 radical (unpaired) electrons. The van der Waals surface area contributed by atoms with Crippen molar-refractivity contribution in [2.75, 3.05) is 20.1 Å². The van der Waals surface area contributed by atoms with Gasteiger partial charge in [0.1, 0.15) is 11.9 Å². The number of phenolic OH excluding ortho intramolecular Hbond substituents is 1. The minimum atomic E-state index is -0.665. The molecule has 2 N–H and O–H groups in total. The highest BCUT2D eigenvalue weighted by Gasteiger charge is 2.55. The van der Waals surface area contributed by atoms with Crippen molar-refractivity contribution in [3.05, 3.63) is 42.0 Å². The summed E-state index contributed by atoms with van der Waals surface area (Å²) in [6, 6.07) is 6.61. The Hall–Kier alpha value is -1.85. The number of ether oxygens (including phenoxy) is 1. The number of esters is 1. The lowest BCUT2D eigenvalue weighted by molar-refractivity contribution is -0.146. The Balaban J connectivity index is 1.41. The monoisotopic (exact) mass is 399 g/mol. The van der Waals surface area contributed by atoms with Gasteiger partial charge in [0.2, 0.25) is 0 Å². The Bertz CT molecular complexity index is 776. The molecule has 4 rings (SSSR count). The van der Waals surface area contributed by atoms with Crippen molar-refractivity contribution in [2.45, 2.75) is 51.2 Å². The predicted molar refractivity (Wildman–Crippen MR) is 111 cm³/mol. The molecule has 5 heteroatoms. The van der Waals surface area contributed by atoms with Gasteiger partial charge in [-0.3, -0.25) is 4.79 Å². The number of phenols is 1. The lowest BCUT2D eigenvalue weighted by Crippen LogP contribution is -2.45. The van der Waals surface area contributed by atoms with Crippen molar-refractivity contribution in [2.24, 2.45) is 23.2 Å². The summed E-state index contributed by atoms with van der Waals surface area (Å²) in [5.74, 6) is 0.684. The number of carbonyl (C=O) groups is 1. The number of benzene rings is 1. The summed E-state index contributed by atoms with van der Waals surface area (Å²) in [6.07, 6.45) is 4.79. The standard InChI is InChI=1S/C24H33NO4/c1-15-5-4-10-24(2)12-22-18(11-20(15)24)19(23(28)29-22)13-25(3)14-21(27)16-6-8-17(26)9-7-16/h6-9,18-22,26-27H,1,4-5,10-14H2,2-3H3/t18?,19?,20?,21?,22?,24-/m1/s1. The molecule has 5 unspecified atom stereocenters. The number of hydrogen-bond acceptors (Lipinski definition) is 5. The molecule has 1 aliphatic heterocycles. The average Bonchev–Trinajstić information content (AvgIpc) is 2.94. The highest BCUT2D eigenvalue weighted by molar-refractivity contribution is 5.75. The highest BCUT2D eigenvalue weighted by Crippen LogP contribution is 2.56. The van der Waals surface area contributed by atoms with Crippen LogP contribution in [0.5, 0.6) is 5.75 Å². The molecular weight excluding hydrogens is 366 g/mol.